The summed E-state index contributed by atoms with van der Waals surface area (Å²) in [6.45, 7) is 1.45. The SMILES string of the molecule is CC[C@H](COS(N)(=O)=O)[C@@H](O)CNc1ncncc1C(=O)c1cc(C(O)c2cccc(Cl)n2)cs1. The zero-order valence-corrected chi connectivity index (χ0v) is 20.9. The highest BCUT2D eigenvalue weighted by Gasteiger charge is 2.23. The van der Waals surface area contributed by atoms with Crippen LogP contribution in [-0.4, -0.2) is 58.6 Å². The molecule has 0 aliphatic rings. The van der Waals surface area contributed by atoms with Crippen molar-refractivity contribution < 1.29 is 27.6 Å². The van der Waals surface area contributed by atoms with Crippen LogP contribution in [0.3, 0.4) is 0 Å². The Balaban J connectivity index is 1.71. The van der Waals surface area contributed by atoms with Crippen molar-refractivity contribution in [3.8, 4) is 0 Å². The van der Waals surface area contributed by atoms with E-state index in [9.17, 15) is 23.4 Å². The lowest BCUT2D eigenvalue weighted by molar-refractivity contribution is 0.0839. The Morgan fingerprint density at radius 3 is 2.80 bits per heavy atom. The van der Waals surface area contributed by atoms with E-state index >= 15 is 0 Å². The molecule has 0 saturated carbocycles. The second-order valence-electron chi connectivity index (χ2n) is 7.54. The topological polar surface area (TPSA) is 178 Å². The van der Waals surface area contributed by atoms with E-state index in [0.717, 1.165) is 11.3 Å². The first-order chi connectivity index (χ1) is 16.6. The number of halogens is 1. The summed E-state index contributed by atoms with van der Waals surface area (Å²) in [5.41, 5.74) is 0.999. The van der Waals surface area contributed by atoms with E-state index in [1.165, 1.54) is 12.5 Å². The highest BCUT2D eigenvalue weighted by Crippen LogP contribution is 2.28. The van der Waals surface area contributed by atoms with Gasteiger partial charge in [-0.05, 0) is 35.6 Å². The van der Waals surface area contributed by atoms with Crippen LogP contribution in [0.2, 0.25) is 5.15 Å². The highest BCUT2D eigenvalue weighted by atomic mass is 35.5. The molecule has 0 amide bonds. The molecule has 3 aromatic heterocycles. The van der Waals surface area contributed by atoms with E-state index in [-0.39, 0.29) is 35.5 Å². The minimum atomic E-state index is -4.13. The number of aliphatic hydroxyl groups excluding tert-OH is 2. The summed E-state index contributed by atoms with van der Waals surface area (Å²) in [5.74, 6) is -0.712. The number of aromatic nitrogens is 3. The maximum absolute atomic E-state index is 13.2. The number of hydrogen-bond donors (Lipinski definition) is 4. The quantitative estimate of drug-likeness (QED) is 0.195. The molecule has 3 atom stereocenters. The zero-order chi connectivity index (χ0) is 25.6. The van der Waals surface area contributed by atoms with Crippen LogP contribution in [0.1, 0.15) is 45.9 Å². The van der Waals surface area contributed by atoms with Crippen molar-refractivity contribution in [2.75, 3.05) is 18.5 Å². The lowest BCUT2D eigenvalue weighted by atomic mass is 10.0. The standard InChI is InChI=1S/C21H24ClN5O6S2/c1-2-12(9-33-35(23,31)32)16(28)8-25-21-14(7-24-11-26-21)20(30)17-6-13(10-34-17)19(29)15-4-3-5-18(22)27-15/h3-7,10-12,16,19,28-29H,2,8-9H2,1H3,(H2,23,31,32)(H,24,25,26)/t12-,16+,19?/m1/s1. The Hall–Kier alpha value is -2.52. The number of thiophene rings is 1. The Morgan fingerprint density at radius 1 is 1.34 bits per heavy atom. The van der Waals surface area contributed by atoms with Crippen LogP contribution in [0.15, 0.2) is 42.2 Å². The lowest BCUT2D eigenvalue weighted by Gasteiger charge is -2.21. The van der Waals surface area contributed by atoms with Crippen LogP contribution in [0.5, 0.6) is 0 Å². The number of carbonyl (C=O) groups is 1. The molecule has 0 radical (unpaired) electrons. The molecule has 1 unspecified atom stereocenters. The predicted octanol–water partition coefficient (Wildman–Crippen LogP) is 1.92. The molecule has 3 rings (SSSR count). The molecule has 14 heteroatoms. The molecule has 0 aliphatic heterocycles. The number of pyridine rings is 1. The molecule has 0 spiro atoms. The third-order valence-corrected chi connectivity index (χ3v) is 6.75. The fourth-order valence-electron chi connectivity index (χ4n) is 3.18. The first kappa shape index (κ1) is 27.1. The molecule has 0 bridgehead atoms. The van der Waals surface area contributed by atoms with Gasteiger partial charge in [-0.2, -0.15) is 8.42 Å². The van der Waals surface area contributed by atoms with Gasteiger partial charge in [0, 0.05) is 18.7 Å². The third-order valence-electron chi connectivity index (χ3n) is 5.13. The van der Waals surface area contributed by atoms with Crippen molar-refractivity contribution in [3.63, 3.8) is 0 Å². The largest absolute Gasteiger partial charge is 0.391 e. The van der Waals surface area contributed by atoms with Crippen molar-refractivity contribution in [2.24, 2.45) is 11.1 Å². The lowest BCUT2D eigenvalue weighted by Crippen LogP contribution is -2.33. The first-order valence-corrected chi connectivity index (χ1v) is 13.1. The van der Waals surface area contributed by atoms with Gasteiger partial charge in [0.2, 0.25) is 5.78 Å². The van der Waals surface area contributed by atoms with Gasteiger partial charge in [-0.25, -0.2) is 20.1 Å². The van der Waals surface area contributed by atoms with E-state index in [2.05, 4.69) is 24.5 Å². The number of anilines is 1. The summed E-state index contributed by atoms with van der Waals surface area (Å²) in [6.07, 6.45) is 0.960. The molecule has 3 aromatic rings. The van der Waals surface area contributed by atoms with E-state index in [0.29, 0.717) is 22.6 Å². The Morgan fingerprint density at radius 2 is 2.11 bits per heavy atom. The summed E-state index contributed by atoms with van der Waals surface area (Å²) >= 11 is 7.04. The maximum atomic E-state index is 13.2. The van der Waals surface area contributed by atoms with E-state index in [1.807, 2.05) is 0 Å². The molecule has 0 fully saturated rings. The summed E-state index contributed by atoms with van der Waals surface area (Å²) in [6, 6.07) is 6.45. The van der Waals surface area contributed by atoms with Crippen molar-refractivity contribution in [1.82, 2.24) is 15.0 Å². The normalized spacial score (nSPS) is 14.3. The van der Waals surface area contributed by atoms with E-state index in [4.69, 9.17) is 16.7 Å². The molecule has 3 heterocycles. The number of rotatable bonds is 12. The van der Waals surface area contributed by atoms with Crippen molar-refractivity contribution in [2.45, 2.75) is 25.6 Å². The molecule has 35 heavy (non-hydrogen) atoms. The van der Waals surface area contributed by atoms with Gasteiger partial charge >= 0.3 is 10.3 Å². The van der Waals surface area contributed by atoms with Gasteiger partial charge in [0.25, 0.3) is 0 Å². The van der Waals surface area contributed by atoms with Gasteiger partial charge < -0.3 is 15.5 Å². The minimum absolute atomic E-state index is 0.0291. The highest BCUT2D eigenvalue weighted by molar-refractivity contribution is 7.84. The van der Waals surface area contributed by atoms with Crippen LogP contribution < -0.4 is 10.5 Å². The average Bonchev–Trinajstić information content (AvgIpc) is 3.32. The summed E-state index contributed by atoms with van der Waals surface area (Å²) in [4.78, 5) is 25.6. The van der Waals surface area contributed by atoms with Gasteiger partial charge in [0.05, 0.1) is 28.8 Å². The second kappa shape index (κ2) is 11.9. The monoisotopic (exact) mass is 541 g/mol. The molecular formula is C21H24ClN5O6S2. The molecule has 0 saturated heterocycles. The number of carbonyl (C=O) groups excluding carboxylic acids is 1. The zero-order valence-electron chi connectivity index (χ0n) is 18.5. The fraction of sp³-hybridized carbons (Fsp3) is 0.333. The molecule has 0 aromatic carbocycles. The van der Waals surface area contributed by atoms with E-state index in [1.54, 1.807) is 36.6 Å². The third kappa shape index (κ3) is 7.48. The first-order valence-electron chi connectivity index (χ1n) is 10.4. The number of ketones is 1. The van der Waals surface area contributed by atoms with Gasteiger partial charge in [-0.3, -0.25) is 8.98 Å². The molecular weight excluding hydrogens is 518 g/mol. The number of nitrogens with two attached hydrogens (primary N) is 1. The maximum Gasteiger partial charge on any atom is 0.333 e. The Kier molecular flexibility index (Phi) is 9.24. The van der Waals surface area contributed by atoms with Crippen LogP contribution in [0.4, 0.5) is 5.82 Å². The van der Waals surface area contributed by atoms with Gasteiger partial charge in [-0.15, -0.1) is 11.3 Å². The molecule has 11 nitrogen and oxygen atoms in total. The van der Waals surface area contributed by atoms with Gasteiger partial charge in [0.15, 0.2) is 0 Å². The van der Waals surface area contributed by atoms with Crippen LogP contribution in [0.25, 0.3) is 0 Å². The van der Waals surface area contributed by atoms with Gasteiger partial charge in [0.1, 0.15) is 23.4 Å². The minimum Gasteiger partial charge on any atom is -0.391 e. The summed E-state index contributed by atoms with van der Waals surface area (Å²) < 4.78 is 26.6. The molecule has 5 N–H and O–H groups in total. The van der Waals surface area contributed by atoms with Crippen molar-refractivity contribution in [1.29, 1.82) is 0 Å². The number of nitrogens with zero attached hydrogens (tertiary/aromatic N) is 3. The summed E-state index contributed by atoms with van der Waals surface area (Å²) in [5, 5.41) is 30.7. The van der Waals surface area contributed by atoms with E-state index < -0.39 is 28.4 Å². The van der Waals surface area contributed by atoms with Gasteiger partial charge in [-0.1, -0.05) is 24.6 Å². The van der Waals surface area contributed by atoms with Crippen molar-refractivity contribution >= 4 is 44.8 Å². The number of hydrogen-bond acceptors (Lipinski definition) is 11. The average molecular weight is 542 g/mol. The van der Waals surface area contributed by atoms with Crippen LogP contribution in [0, 0.1) is 5.92 Å². The Labute approximate surface area is 211 Å². The van der Waals surface area contributed by atoms with Crippen molar-refractivity contribution in [3.05, 3.63) is 69.0 Å². The number of aliphatic hydroxyl groups is 2. The molecule has 188 valence electrons. The summed E-state index contributed by atoms with van der Waals surface area (Å²) in [7, 11) is -4.13. The van der Waals surface area contributed by atoms with Crippen LogP contribution >= 0.6 is 22.9 Å². The van der Waals surface area contributed by atoms with Crippen LogP contribution in [-0.2, 0) is 14.5 Å². The fourth-order valence-corrected chi connectivity index (χ4v) is 4.60. The molecule has 0 aliphatic carbocycles. The smallest absolute Gasteiger partial charge is 0.333 e. The Bertz CT molecular complexity index is 1270. The predicted molar refractivity (Wildman–Crippen MR) is 130 cm³/mol. The second-order valence-corrected chi connectivity index (χ2v) is 10.1. The number of nitrogens with one attached hydrogen (secondary N) is 1.